The van der Waals surface area contributed by atoms with E-state index in [2.05, 4.69) is 4.74 Å². The molecule has 0 bridgehead atoms. The molecule has 0 heterocycles. The molecule has 1 aromatic carbocycles. The highest BCUT2D eigenvalue weighted by atomic mass is 19.4. The Labute approximate surface area is 90.0 Å². The second-order valence-electron chi connectivity index (χ2n) is 3.19. The summed E-state index contributed by atoms with van der Waals surface area (Å²) in [6, 6.07) is 3.34. The Hall–Kier alpha value is -1.30. The van der Waals surface area contributed by atoms with Gasteiger partial charge in [-0.25, -0.2) is 4.39 Å². The van der Waals surface area contributed by atoms with Crippen LogP contribution in [0.15, 0.2) is 18.2 Å². The lowest BCUT2D eigenvalue weighted by atomic mass is 10.1. The fraction of sp³-hybridized carbons (Fsp3) is 0.400. The molecule has 0 saturated carbocycles. The summed E-state index contributed by atoms with van der Waals surface area (Å²) in [6.45, 7) is -1.18. The third-order valence-corrected chi connectivity index (χ3v) is 1.83. The predicted molar refractivity (Wildman–Crippen MR) is 50.7 cm³/mol. The van der Waals surface area contributed by atoms with Crippen molar-refractivity contribution in [3.63, 3.8) is 0 Å². The van der Waals surface area contributed by atoms with Crippen LogP contribution in [0.2, 0.25) is 0 Å². The number of rotatable bonds is 4. The lowest BCUT2D eigenvalue weighted by Crippen LogP contribution is -2.20. The molecular weight excluding hydrogens is 226 g/mol. The van der Waals surface area contributed by atoms with E-state index in [0.29, 0.717) is 5.56 Å². The topological polar surface area (TPSA) is 35.2 Å². The molecule has 0 saturated heterocycles. The average Bonchev–Trinajstić information content (AvgIpc) is 2.15. The van der Waals surface area contributed by atoms with E-state index in [1.165, 1.54) is 6.07 Å². The fourth-order valence-electron chi connectivity index (χ4n) is 1.20. The average molecular weight is 237 g/mol. The number of nitrogens with two attached hydrogens (primary N) is 1. The smallest absolute Gasteiger partial charge is 0.422 e. The molecule has 0 unspecified atom stereocenters. The van der Waals surface area contributed by atoms with Gasteiger partial charge in [-0.1, -0.05) is 0 Å². The fourth-order valence-corrected chi connectivity index (χ4v) is 1.20. The van der Waals surface area contributed by atoms with Gasteiger partial charge in [-0.3, -0.25) is 0 Å². The zero-order chi connectivity index (χ0) is 12.2. The molecule has 0 aromatic heterocycles. The molecule has 0 aliphatic carbocycles. The summed E-state index contributed by atoms with van der Waals surface area (Å²) in [4.78, 5) is 0. The van der Waals surface area contributed by atoms with Crippen molar-refractivity contribution in [3.05, 3.63) is 29.6 Å². The van der Waals surface area contributed by atoms with Crippen molar-refractivity contribution in [3.8, 4) is 5.75 Å². The summed E-state index contributed by atoms with van der Waals surface area (Å²) >= 11 is 0. The number of ether oxygens (including phenoxy) is 1. The van der Waals surface area contributed by atoms with Crippen LogP contribution in [0, 0.1) is 5.82 Å². The van der Waals surface area contributed by atoms with Gasteiger partial charge in [0.15, 0.2) is 6.61 Å². The van der Waals surface area contributed by atoms with E-state index in [4.69, 9.17) is 5.73 Å². The second kappa shape index (κ2) is 5.16. The monoisotopic (exact) mass is 237 g/mol. The van der Waals surface area contributed by atoms with Crippen LogP contribution in [-0.2, 0) is 6.42 Å². The molecule has 0 atom stereocenters. The number of hydrogen-bond donors (Lipinski definition) is 1. The molecule has 6 heteroatoms. The quantitative estimate of drug-likeness (QED) is 0.815. The van der Waals surface area contributed by atoms with Gasteiger partial charge in [0, 0.05) is 0 Å². The van der Waals surface area contributed by atoms with E-state index in [0.717, 1.165) is 12.1 Å². The molecule has 0 fully saturated rings. The molecule has 1 rings (SSSR count). The van der Waals surface area contributed by atoms with Crippen molar-refractivity contribution in [2.24, 2.45) is 5.73 Å². The number of hydrogen-bond acceptors (Lipinski definition) is 2. The molecule has 0 spiro atoms. The first-order valence-electron chi connectivity index (χ1n) is 4.60. The van der Waals surface area contributed by atoms with Gasteiger partial charge in [-0.05, 0) is 36.7 Å². The first-order valence-corrected chi connectivity index (χ1v) is 4.60. The first-order chi connectivity index (χ1) is 7.42. The van der Waals surface area contributed by atoms with Gasteiger partial charge in [-0.2, -0.15) is 13.2 Å². The summed E-state index contributed by atoms with van der Waals surface area (Å²) < 4.78 is 53.1. The molecule has 0 amide bonds. The minimum absolute atomic E-state index is 0.0178. The van der Waals surface area contributed by atoms with Crippen LogP contribution in [0.4, 0.5) is 17.6 Å². The van der Waals surface area contributed by atoms with Crippen molar-refractivity contribution in [2.45, 2.75) is 12.6 Å². The van der Waals surface area contributed by atoms with Crippen molar-refractivity contribution < 1.29 is 22.3 Å². The van der Waals surface area contributed by atoms with Gasteiger partial charge >= 0.3 is 6.18 Å². The molecule has 0 aliphatic heterocycles. The van der Waals surface area contributed by atoms with E-state index in [9.17, 15) is 17.6 Å². The van der Waals surface area contributed by atoms with Crippen LogP contribution in [0.1, 0.15) is 5.56 Å². The Morgan fingerprint density at radius 3 is 2.50 bits per heavy atom. The van der Waals surface area contributed by atoms with Crippen molar-refractivity contribution in [1.29, 1.82) is 0 Å². The largest absolute Gasteiger partial charge is 0.484 e. The van der Waals surface area contributed by atoms with E-state index < -0.39 is 18.6 Å². The first kappa shape index (κ1) is 12.8. The van der Waals surface area contributed by atoms with Gasteiger partial charge in [0.05, 0.1) is 0 Å². The molecule has 2 nitrogen and oxygen atoms in total. The lowest BCUT2D eigenvalue weighted by molar-refractivity contribution is -0.153. The van der Waals surface area contributed by atoms with Gasteiger partial charge in [-0.15, -0.1) is 0 Å². The summed E-state index contributed by atoms with van der Waals surface area (Å²) in [5.74, 6) is -0.507. The number of benzene rings is 1. The number of halogens is 4. The normalized spacial score (nSPS) is 11.6. The zero-order valence-corrected chi connectivity index (χ0v) is 8.35. The Kier molecular flexibility index (Phi) is 4.12. The Morgan fingerprint density at radius 1 is 1.25 bits per heavy atom. The Morgan fingerprint density at radius 2 is 1.94 bits per heavy atom. The maximum atomic E-state index is 12.8. The molecule has 16 heavy (non-hydrogen) atoms. The Bertz CT molecular complexity index is 351. The highest BCUT2D eigenvalue weighted by Crippen LogP contribution is 2.23. The third-order valence-electron chi connectivity index (χ3n) is 1.83. The van der Waals surface area contributed by atoms with E-state index in [1.54, 1.807) is 0 Å². The standard InChI is InChI=1S/C10H11F4NO/c11-8-1-2-9(7(5-8)3-4-15)16-6-10(12,13)14/h1-2,5H,3-4,6,15H2. The predicted octanol–water partition coefficient (Wildman–Crippen LogP) is 2.27. The van der Waals surface area contributed by atoms with Crippen LogP contribution in [-0.4, -0.2) is 19.3 Å². The van der Waals surface area contributed by atoms with E-state index in [-0.39, 0.29) is 18.7 Å². The highest BCUT2D eigenvalue weighted by Gasteiger charge is 2.28. The highest BCUT2D eigenvalue weighted by molar-refractivity contribution is 5.34. The van der Waals surface area contributed by atoms with Crippen molar-refractivity contribution in [1.82, 2.24) is 0 Å². The van der Waals surface area contributed by atoms with Gasteiger partial charge < -0.3 is 10.5 Å². The van der Waals surface area contributed by atoms with Gasteiger partial charge in [0.2, 0.25) is 0 Å². The summed E-state index contributed by atoms with van der Waals surface area (Å²) in [5, 5.41) is 0. The van der Waals surface area contributed by atoms with Gasteiger partial charge in [0.25, 0.3) is 0 Å². The van der Waals surface area contributed by atoms with Gasteiger partial charge in [0.1, 0.15) is 11.6 Å². The van der Waals surface area contributed by atoms with Crippen LogP contribution >= 0.6 is 0 Å². The third kappa shape index (κ3) is 4.06. The molecule has 0 radical (unpaired) electrons. The van der Waals surface area contributed by atoms with Crippen LogP contribution in [0.5, 0.6) is 5.75 Å². The maximum absolute atomic E-state index is 12.8. The maximum Gasteiger partial charge on any atom is 0.422 e. The van der Waals surface area contributed by atoms with Crippen molar-refractivity contribution >= 4 is 0 Å². The number of alkyl halides is 3. The van der Waals surface area contributed by atoms with Crippen LogP contribution in [0.3, 0.4) is 0 Å². The van der Waals surface area contributed by atoms with Crippen LogP contribution in [0.25, 0.3) is 0 Å². The molecule has 90 valence electrons. The second-order valence-corrected chi connectivity index (χ2v) is 3.19. The van der Waals surface area contributed by atoms with Crippen molar-refractivity contribution in [2.75, 3.05) is 13.2 Å². The summed E-state index contributed by atoms with van der Waals surface area (Å²) in [5.41, 5.74) is 5.60. The summed E-state index contributed by atoms with van der Waals surface area (Å²) in [6.07, 6.45) is -4.14. The van der Waals surface area contributed by atoms with Crippen LogP contribution < -0.4 is 10.5 Å². The van der Waals surface area contributed by atoms with E-state index >= 15 is 0 Å². The molecule has 2 N–H and O–H groups in total. The minimum Gasteiger partial charge on any atom is -0.484 e. The molecular formula is C10H11F4NO. The molecule has 1 aromatic rings. The SMILES string of the molecule is NCCc1cc(F)ccc1OCC(F)(F)F. The van der Waals surface area contributed by atoms with E-state index in [1.807, 2.05) is 0 Å². The zero-order valence-electron chi connectivity index (χ0n) is 8.35. The lowest BCUT2D eigenvalue weighted by Gasteiger charge is -2.12. The minimum atomic E-state index is -4.41. The Balaban J connectivity index is 2.78. The molecule has 0 aliphatic rings. The summed E-state index contributed by atoms with van der Waals surface area (Å²) in [7, 11) is 0.